The van der Waals surface area contributed by atoms with Crippen LogP contribution in [0.5, 0.6) is 11.5 Å². The third kappa shape index (κ3) is 4.87. The normalized spacial score (nSPS) is 11.5. The van der Waals surface area contributed by atoms with Crippen molar-refractivity contribution >= 4 is 22.4 Å². The third-order valence-corrected chi connectivity index (χ3v) is 5.46. The van der Waals surface area contributed by atoms with Crippen LogP contribution in [0, 0.1) is 0 Å². The van der Waals surface area contributed by atoms with Gasteiger partial charge in [0, 0.05) is 23.5 Å². The first kappa shape index (κ1) is 20.5. The molecule has 1 unspecified atom stereocenters. The SMILES string of the molecule is COc1cc(C(=O)Nc2nnc(-c3ccncc3)s2)ccc1OC(C)c1ccccc1. The zero-order valence-corrected chi connectivity index (χ0v) is 17.8. The number of carbonyl (C=O) groups excluding carboxylic acids is 1. The van der Waals surface area contributed by atoms with Crippen LogP contribution in [0.15, 0.2) is 73.1 Å². The number of ether oxygens (including phenoxy) is 2. The number of aromatic nitrogens is 3. The lowest BCUT2D eigenvalue weighted by atomic mass is 10.1. The van der Waals surface area contributed by atoms with Crippen LogP contribution >= 0.6 is 11.3 Å². The number of nitrogens with zero attached hydrogens (tertiary/aromatic N) is 3. The summed E-state index contributed by atoms with van der Waals surface area (Å²) in [4.78, 5) is 16.7. The van der Waals surface area contributed by atoms with E-state index in [2.05, 4.69) is 20.5 Å². The van der Waals surface area contributed by atoms with Crippen LogP contribution in [-0.2, 0) is 0 Å². The summed E-state index contributed by atoms with van der Waals surface area (Å²) in [7, 11) is 1.54. The smallest absolute Gasteiger partial charge is 0.257 e. The Morgan fingerprint density at radius 3 is 2.52 bits per heavy atom. The maximum atomic E-state index is 12.7. The molecule has 8 heteroatoms. The van der Waals surface area contributed by atoms with Crippen molar-refractivity contribution in [2.75, 3.05) is 12.4 Å². The van der Waals surface area contributed by atoms with Gasteiger partial charge in [0.05, 0.1) is 7.11 Å². The summed E-state index contributed by atoms with van der Waals surface area (Å²) < 4.78 is 11.5. The molecule has 0 fully saturated rings. The average molecular weight is 433 g/mol. The number of methoxy groups -OCH3 is 1. The van der Waals surface area contributed by atoms with Gasteiger partial charge in [-0.05, 0) is 42.8 Å². The number of hydrogen-bond donors (Lipinski definition) is 1. The predicted molar refractivity (Wildman–Crippen MR) is 120 cm³/mol. The van der Waals surface area contributed by atoms with Crippen molar-refractivity contribution in [1.82, 2.24) is 15.2 Å². The van der Waals surface area contributed by atoms with Crippen molar-refractivity contribution in [2.24, 2.45) is 0 Å². The van der Waals surface area contributed by atoms with E-state index in [1.54, 1.807) is 37.7 Å². The lowest BCUT2D eigenvalue weighted by Gasteiger charge is -2.17. The molecule has 0 aliphatic rings. The number of carbonyl (C=O) groups is 1. The zero-order chi connectivity index (χ0) is 21.6. The molecular formula is C23H20N4O3S. The first-order chi connectivity index (χ1) is 15.1. The summed E-state index contributed by atoms with van der Waals surface area (Å²) in [5, 5.41) is 12.1. The van der Waals surface area contributed by atoms with Gasteiger partial charge in [0.25, 0.3) is 5.91 Å². The van der Waals surface area contributed by atoms with E-state index in [1.165, 1.54) is 11.3 Å². The Kier molecular flexibility index (Phi) is 6.18. The monoisotopic (exact) mass is 432 g/mol. The maximum Gasteiger partial charge on any atom is 0.257 e. The summed E-state index contributed by atoms with van der Waals surface area (Å²) in [6, 6.07) is 18.6. The van der Waals surface area contributed by atoms with Gasteiger partial charge in [0.15, 0.2) is 11.5 Å². The van der Waals surface area contributed by atoms with E-state index in [0.717, 1.165) is 11.1 Å². The second-order valence-corrected chi connectivity index (χ2v) is 7.62. The molecule has 4 rings (SSSR count). The molecule has 2 aromatic heterocycles. The Morgan fingerprint density at radius 1 is 1.00 bits per heavy atom. The number of nitrogens with one attached hydrogen (secondary N) is 1. The standard InChI is InChI=1S/C23H20N4O3S/c1-15(16-6-4-3-5-7-16)30-19-9-8-18(14-20(19)29-2)21(28)25-23-27-26-22(31-23)17-10-12-24-13-11-17/h3-15H,1-2H3,(H,25,27,28). The molecule has 1 N–H and O–H groups in total. The Bertz CT molecular complexity index is 1170. The molecular weight excluding hydrogens is 412 g/mol. The molecule has 0 saturated heterocycles. The van der Waals surface area contributed by atoms with Crippen LogP contribution in [0.4, 0.5) is 5.13 Å². The minimum Gasteiger partial charge on any atom is -0.493 e. The Morgan fingerprint density at radius 2 is 1.77 bits per heavy atom. The van der Waals surface area contributed by atoms with Gasteiger partial charge >= 0.3 is 0 Å². The van der Waals surface area contributed by atoms with E-state index in [4.69, 9.17) is 9.47 Å². The van der Waals surface area contributed by atoms with Gasteiger partial charge in [0.1, 0.15) is 11.1 Å². The Hall–Kier alpha value is -3.78. The lowest BCUT2D eigenvalue weighted by Crippen LogP contribution is -2.12. The van der Waals surface area contributed by atoms with E-state index < -0.39 is 0 Å². The van der Waals surface area contributed by atoms with E-state index >= 15 is 0 Å². The van der Waals surface area contributed by atoms with Crippen molar-refractivity contribution in [3.63, 3.8) is 0 Å². The molecule has 0 radical (unpaired) electrons. The molecule has 0 spiro atoms. The molecule has 31 heavy (non-hydrogen) atoms. The highest BCUT2D eigenvalue weighted by atomic mass is 32.1. The molecule has 1 atom stereocenters. The molecule has 0 aliphatic carbocycles. The van der Waals surface area contributed by atoms with Gasteiger partial charge in [-0.1, -0.05) is 41.7 Å². The minimum absolute atomic E-state index is 0.164. The highest BCUT2D eigenvalue weighted by Crippen LogP contribution is 2.32. The fourth-order valence-corrected chi connectivity index (χ4v) is 3.69. The second-order valence-electron chi connectivity index (χ2n) is 6.64. The fourth-order valence-electron chi connectivity index (χ4n) is 2.94. The minimum atomic E-state index is -0.307. The first-order valence-corrected chi connectivity index (χ1v) is 10.4. The largest absolute Gasteiger partial charge is 0.493 e. The van der Waals surface area contributed by atoms with Gasteiger partial charge in [-0.25, -0.2) is 0 Å². The molecule has 7 nitrogen and oxygen atoms in total. The van der Waals surface area contributed by atoms with Crippen molar-refractivity contribution in [3.05, 3.63) is 84.2 Å². The summed E-state index contributed by atoms with van der Waals surface area (Å²) >= 11 is 1.29. The van der Waals surface area contributed by atoms with Gasteiger partial charge in [0.2, 0.25) is 5.13 Å². The number of amides is 1. The summed E-state index contributed by atoms with van der Waals surface area (Å²) in [6.07, 6.45) is 3.20. The molecule has 2 heterocycles. The Balaban J connectivity index is 1.47. The highest BCUT2D eigenvalue weighted by molar-refractivity contribution is 7.18. The van der Waals surface area contributed by atoms with Crippen LogP contribution in [0.3, 0.4) is 0 Å². The predicted octanol–water partition coefficient (Wildman–Crippen LogP) is 5.00. The highest BCUT2D eigenvalue weighted by Gasteiger charge is 2.16. The molecule has 0 aliphatic heterocycles. The number of benzene rings is 2. The number of rotatable bonds is 7. The molecule has 0 bridgehead atoms. The third-order valence-electron chi connectivity index (χ3n) is 4.57. The van der Waals surface area contributed by atoms with Crippen LogP contribution in [0.1, 0.15) is 28.9 Å². The number of hydrogen-bond acceptors (Lipinski definition) is 7. The van der Waals surface area contributed by atoms with Crippen LogP contribution in [0.25, 0.3) is 10.6 Å². The quantitative estimate of drug-likeness (QED) is 0.442. The van der Waals surface area contributed by atoms with Crippen LogP contribution < -0.4 is 14.8 Å². The van der Waals surface area contributed by atoms with E-state index in [1.807, 2.05) is 49.4 Å². The fraction of sp³-hybridized carbons (Fsp3) is 0.130. The zero-order valence-electron chi connectivity index (χ0n) is 17.0. The lowest BCUT2D eigenvalue weighted by molar-refractivity contribution is 0.102. The van der Waals surface area contributed by atoms with Gasteiger partial charge < -0.3 is 9.47 Å². The van der Waals surface area contributed by atoms with Crippen molar-refractivity contribution in [2.45, 2.75) is 13.0 Å². The summed E-state index contributed by atoms with van der Waals surface area (Å²) in [5.74, 6) is 0.731. The topological polar surface area (TPSA) is 86.2 Å². The van der Waals surface area contributed by atoms with Crippen LogP contribution in [0.2, 0.25) is 0 Å². The van der Waals surface area contributed by atoms with E-state index in [9.17, 15) is 4.79 Å². The second kappa shape index (κ2) is 9.36. The van der Waals surface area contributed by atoms with Crippen molar-refractivity contribution < 1.29 is 14.3 Å². The van der Waals surface area contributed by atoms with Gasteiger partial charge in [-0.15, -0.1) is 10.2 Å². The Labute approximate surface area is 183 Å². The molecule has 4 aromatic rings. The van der Waals surface area contributed by atoms with Crippen LogP contribution in [-0.4, -0.2) is 28.2 Å². The maximum absolute atomic E-state index is 12.7. The van der Waals surface area contributed by atoms with E-state index in [0.29, 0.717) is 27.2 Å². The summed E-state index contributed by atoms with van der Waals surface area (Å²) in [5.41, 5.74) is 2.37. The first-order valence-electron chi connectivity index (χ1n) is 9.59. The average Bonchev–Trinajstić information content (AvgIpc) is 3.29. The van der Waals surface area contributed by atoms with Gasteiger partial charge in [-0.2, -0.15) is 0 Å². The number of pyridine rings is 1. The molecule has 156 valence electrons. The molecule has 1 amide bonds. The number of anilines is 1. The van der Waals surface area contributed by atoms with E-state index in [-0.39, 0.29) is 12.0 Å². The summed E-state index contributed by atoms with van der Waals surface area (Å²) in [6.45, 7) is 1.96. The van der Waals surface area contributed by atoms with Gasteiger partial charge in [-0.3, -0.25) is 15.1 Å². The van der Waals surface area contributed by atoms with Crippen molar-refractivity contribution in [1.29, 1.82) is 0 Å². The molecule has 2 aromatic carbocycles. The molecule has 0 saturated carbocycles. The van der Waals surface area contributed by atoms with Crippen molar-refractivity contribution in [3.8, 4) is 22.1 Å².